The molecule has 1 aliphatic heterocycles. The molecule has 5 heterocycles. The molecule has 1 saturated heterocycles. The lowest BCUT2D eigenvalue weighted by atomic mass is 10.1. The monoisotopic (exact) mass is 540 g/mol. The summed E-state index contributed by atoms with van der Waals surface area (Å²) in [4.78, 5) is 24.6. The van der Waals surface area contributed by atoms with E-state index in [0.29, 0.717) is 28.7 Å². The van der Waals surface area contributed by atoms with Crippen molar-refractivity contribution in [3.8, 4) is 22.5 Å². The molecule has 1 N–H and O–H groups in total. The molecule has 4 aromatic heterocycles. The van der Waals surface area contributed by atoms with Gasteiger partial charge < -0.3 is 14.6 Å². The minimum Gasteiger partial charge on any atom is -0.379 e. The van der Waals surface area contributed by atoms with Crippen LogP contribution in [0.2, 0.25) is 0 Å². The molecule has 1 aromatic carbocycles. The van der Waals surface area contributed by atoms with Gasteiger partial charge in [0.15, 0.2) is 0 Å². The van der Waals surface area contributed by atoms with Gasteiger partial charge in [-0.3, -0.25) is 18.8 Å². The molecule has 11 nitrogen and oxygen atoms in total. The molecule has 0 saturated carbocycles. The van der Waals surface area contributed by atoms with E-state index in [1.54, 1.807) is 13.1 Å². The van der Waals surface area contributed by atoms with Crippen molar-refractivity contribution in [2.45, 2.75) is 34.2 Å². The zero-order valence-electron chi connectivity index (χ0n) is 23.1. The van der Waals surface area contributed by atoms with Gasteiger partial charge in [0.25, 0.3) is 5.91 Å². The van der Waals surface area contributed by atoms with Gasteiger partial charge in [-0.1, -0.05) is 17.3 Å². The minimum absolute atomic E-state index is 0.260. The second-order valence-electron chi connectivity index (χ2n) is 10.1. The molecule has 1 amide bonds. The molecule has 206 valence electrons. The Morgan fingerprint density at radius 2 is 1.82 bits per heavy atom. The maximum Gasteiger partial charge on any atom is 0.274 e. The van der Waals surface area contributed by atoms with Crippen LogP contribution in [0, 0.1) is 27.7 Å². The minimum atomic E-state index is -0.260. The summed E-state index contributed by atoms with van der Waals surface area (Å²) in [6, 6.07) is 9.64. The number of rotatable bonds is 7. The number of anilines is 1. The molecule has 0 spiro atoms. The molecule has 0 bridgehead atoms. The number of pyridine rings is 1. The van der Waals surface area contributed by atoms with Gasteiger partial charge in [-0.15, -0.1) is 0 Å². The Hall–Kier alpha value is -4.35. The number of hydrogen-bond acceptors (Lipinski definition) is 8. The highest BCUT2D eigenvalue weighted by Crippen LogP contribution is 2.28. The smallest absolute Gasteiger partial charge is 0.274 e. The van der Waals surface area contributed by atoms with Crippen molar-refractivity contribution in [3.05, 3.63) is 71.3 Å². The van der Waals surface area contributed by atoms with Gasteiger partial charge in [0, 0.05) is 60.8 Å². The molecule has 1 aliphatic rings. The largest absolute Gasteiger partial charge is 0.379 e. The van der Waals surface area contributed by atoms with Gasteiger partial charge in [0.05, 0.1) is 31.6 Å². The number of aryl methyl sites for hydroxylation is 3. The molecular formula is C29H32N8O3. The number of fused-ring (bicyclic) bond motifs is 1. The van der Waals surface area contributed by atoms with E-state index < -0.39 is 0 Å². The third kappa shape index (κ3) is 5.01. The fourth-order valence-corrected chi connectivity index (χ4v) is 5.19. The zero-order chi connectivity index (χ0) is 27.8. The average Bonchev–Trinajstić information content (AvgIpc) is 3.65. The van der Waals surface area contributed by atoms with Gasteiger partial charge in [-0.2, -0.15) is 10.1 Å². The second-order valence-corrected chi connectivity index (χ2v) is 10.1. The van der Waals surface area contributed by atoms with Crippen LogP contribution in [-0.4, -0.2) is 73.0 Å². The molecule has 0 unspecified atom stereocenters. The molecule has 0 aliphatic carbocycles. The number of nitrogens with one attached hydrogen (secondary N) is 1. The number of hydrogen-bond donors (Lipinski definition) is 1. The Balaban J connectivity index is 1.26. The number of carbonyl (C=O) groups is 1. The van der Waals surface area contributed by atoms with E-state index in [4.69, 9.17) is 14.4 Å². The van der Waals surface area contributed by atoms with Gasteiger partial charge in [-0.25, -0.2) is 4.98 Å². The van der Waals surface area contributed by atoms with Crippen LogP contribution < -0.4 is 5.32 Å². The Kier molecular flexibility index (Phi) is 6.91. The highest BCUT2D eigenvalue weighted by molar-refractivity contribution is 6.04. The Morgan fingerprint density at radius 3 is 2.60 bits per heavy atom. The summed E-state index contributed by atoms with van der Waals surface area (Å²) in [6.45, 7) is 13.0. The Labute approximate surface area is 231 Å². The third-order valence-corrected chi connectivity index (χ3v) is 7.41. The summed E-state index contributed by atoms with van der Waals surface area (Å²) < 4.78 is 14.5. The molecular weight excluding hydrogens is 508 g/mol. The first kappa shape index (κ1) is 25.9. The van der Waals surface area contributed by atoms with Crippen LogP contribution in [0.5, 0.6) is 0 Å². The first-order chi connectivity index (χ1) is 19.4. The maximum absolute atomic E-state index is 13.5. The standard InChI is InChI=1S/C29H32N8O3/c1-18-5-6-22(28-31-21(4)40-34-28)15-24(18)32-29(38)25-16-30-26-8-7-23(17-36(25)26)27-19(2)33-37(20(27)3)10-9-35-11-13-39-14-12-35/h5-8,15-17H,9-14H2,1-4H3,(H,32,38). The number of carbonyl (C=O) groups excluding carboxylic acids is 1. The summed E-state index contributed by atoms with van der Waals surface area (Å²) in [5.74, 6) is 0.698. The fourth-order valence-electron chi connectivity index (χ4n) is 5.19. The number of morpholine rings is 1. The number of ether oxygens (including phenoxy) is 1. The van der Waals surface area contributed by atoms with Gasteiger partial charge in [0.2, 0.25) is 11.7 Å². The van der Waals surface area contributed by atoms with Crippen molar-refractivity contribution >= 4 is 17.2 Å². The Morgan fingerprint density at radius 1 is 1.02 bits per heavy atom. The van der Waals surface area contributed by atoms with Gasteiger partial charge in [0.1, 0.15) is 11.3 Å². The lowest BCUT2D eigenvalue weighted by Crippen LogP contribution is -2.38. The highest BCUT2D eigenvalue weighted by Gasteiger charge is 2.19. The van der Waals surface area contributed by atoms with E-state index in [-0.39, 0.29) is 5.91 Å². The van der Waals surface area contributed by atoms with E-state index in [2.05, 4.69) is 36.9 Å². The topological polar surface area (TPSA) is 116 Å². The molecule has 0 atom stereocenters. The molecule has 40 heavy (non-hydrogen) atoms. The molecule has 5 aromatic rings. The average molecular weight is 541 g/mol. The number of aromatic nitrogens is 6. The quantitative estimate of drug-likeness (QED) is 0.329. The van der Waals surface area contributed by atoms with Crippen molar-refractivity contribution in [1.82, 2.24) is 34.2 Å². The maximum atomic E-state index is 13.5. The van der Waals surface area contributed by atoms with Gasteiger partial charge in [-0.05, 0) is 44.5 Å². The first-order valence-electron chi connectivity index (χ1n) is 13.4. The first-order valence-corrected chi connectivity index (χ1v) is 13.4. The number of benzene rings is 1. The summed E-state index contributed by atoms with van der Waals surface area (Å²) in [6.07, 6.45) is 3.56. The van der Waals surface area contributed by atoms with Crippen molar-refractivity contribution < 1.29 is 14.1 Å². The predicted octanol–water partition coefficient (Wildman–Crippen LogP) is 4.07. The van der Waals surface area contributed by atoms with Crippen molar-refractivity contribution in [3.63, 3.8) is 0 Å². The molecule has 6 rings (SSSR count). The molecule has 11 heteroatoms. The van der Waals surface area contributed by atoms with Crippen molar-refractivity contribution in [2.24, 2.45) is 0 Å². The number of nitrogens with zero attached hydrogens (tertiary/aromatic N) is 7. The lowest BCUT2D eigenvalue weighted by molar-refractivity contribution is 0.0359. The van der Waals surface area contributed by atoms with Crippen LogP contribution >= 0.6 is 0 Å². The fraction of sp³-hybridized carbons (Fsp3) is 0.345. The van der Waals surface area contributed by atoms with Crippen LogP contribution in [0.25, 0.3) is 28.2 Å². The second kappa shape index (κ2) is 10.7. The van der Waals surface area contributed by atoms with Crippen LogP contribution in [0.3, 0.4) is 0 Å². The van der Waals surface area contributed by atoms with Gasteiger partial charge >= 0.3 is 0 Å². The van der Waals surface area contributed by atoms with E-state index in [9.17, 15) is 4.79 Å². The normalized spacial score (nSPS) is 14.2. The summed E-state index contributed by atoms with van der Waals surface area (Å²) in [5.41, 5.74) is 7.58. The van der Waals surface area contributed by atoms with E-state index in [0.717, 1.165) is 73.0 Å². The van der Waals surface area contributed by atoms with Crippen LogP contribution in [0.1, 0.15) is 33.3 Å². The van der Waals surface area contributed by atoms with E-state index in [1.165, 1.54) is 0 Å². The van der Waals surface area contributed by atoms with Crippen LogP contribution in [0.4, 0.5) is 5.69 Å². The molecule has 1 fully saturated rings. The molecule has 0 radical (unpaired) electrons. The van der Waals surface area contributed by atoms with Crippen molar-refractivity contribution in [1.29, 1.82) is 0 Å². The number of imidazole rings is 1. The number of amides is 1. The predicted molar refractivity (Wildman–Crippen MR) is 150 cm³/mol. The van der Waals surface area contributed by atoms with Crippen LogP contribution in [-0.2, 0) is 11.3 Å². The Bertz CT molecular complexity index is 1690. The SMILES string of the molecule is Cc1nc(-c2ccc(C)c(NC(=O)c3cnc4ccc(-c5c(C)nn(CCN6CCOCC6)c5C)cn34)c2)no1. The summed E-state index contributed by atoms with van der Waals surface area (Å²) in [5, 5.41) is 11.9. The van der Waals surface area contributed by atoms with Crippen molar-refractivity contribution in [2.75, 3.05) is 38.2 Å². The van der Waals surface area contributed by atoms with E-state index in [1.807, 2.05) is 54.8 Å². The highest BCUT2D eigenvalue weighted by atomic mass is 16.5. The third-order valence-electron chi connectivity index (χ3n) is 7.41. The summed E-state index contributed by atoms with van der Waals surface area (Å²) >= 11 is 0. The summed E-state index contributed by atoms with van der Waals surface area (Å²) in [7, 11) is 0. The lowest BCUT2D eigenvalue weighted by Gasteiger charge is -2.26. The zero-order valence-corrected chi connectivity index (χ0v) is 23.1. The van der Waals surface area contributed by atoms with E-state index >= 15 is 0 Å². The van der Waals surface area contributed by atoms with Crippen LogP contribution in [0.15, 0.2) is 47.2 Å².